The van der Waals surface area contributed by atoms with E-state index in [2.05, 4.69) is 22.6 Å². The van der Waals surface area contributed by atoms with Gasteiger partial charge in [0.25, 0.3) is 0 Å². The van der Waals surface area contributed by atoms with Crippen molar-refractivity contribution in [2.24, 2.45) is 0 Å². The number of ketones is 1. The molecule has 0 amide bonds. The molecule has 0 aliphatic rings. The molecule has 0 radical (unpaired) electrons. The van der Waals surface area contributed by atoms with Crippen molar-refractivity contribution >= 4 is 28.4 Å². The van der Waals surface area contributed by atoms with Crippen molar-refractivity contribution in [2.75, 3.05) is 0 Å². The number of hydrogen-bond acceptors (Lipinski definition) is 3. The fourth-order valence-electron chi connectivity index (χ4n) is 1.43. The van der Waals surface area contributed by atoms with Crippen molar-refractivity contribution in [3.05, 3.63) is 57.2 Å². The molecule has 0 aromatic heterocycles. The lowest BCUT2D eigenvalue weighted by molar-refractivity contribution is 0.103. The van der Waals surface area contributed by atoms with E-state index in [1.54, 1.807) is 12.1 Å². The zero-order chi connectivity index (χ0) is 12.4. The van der Waals surface area contributed by atoms with Crippen LogP contribution in [0.4, 0.5) is 0 Å². The van der Waals surface area contributed by atoms with Crippen LogP contribution in [-0.4, -0.2) is 16.0 Å². The third-order valence-corrected chi connectivity index (χ3v) is 3.06. The third kappa shape index (κ3) is 2.58. The van der Waals surface area contributed by atoms with Gasteiger partial charge in [-0.25, -0.2) is 0 Å². The highest BCUT2D eigenvalue weighted by Crippen LogP contribution is 2.26. The molecule has 2 aromatic rings. The molecule has 4 heteroatoms. The normalized spacial score (nSPS) is 10.2. The molecule has 3 nitrogen and oxygen atoms in total. The first kappa shape index (κ1) is 11.9. The lowest BCUT2D eigenvalue weighted by Gasteiger charge is -2.03. The second kappa shape index (κ2) is 4.75. The van der Waals surface area contributed by atoms with E-state index in [9.17, 15) is 15.0 Å². The summed E-state index contributed by atoms with van der Waals surface area (Å²) in [6.07, 6.45) is 0. The number of carbonyl (C=O) groups is 1. The van der Waals surface area contributed by atoms with Crippen LogP contribution in [0.5, 0.6) is 11.5 Å². The zero-order valence-electron chi connectivity index (χ0n) is 8.72. The standard InChI is InChI=1S/C13H9IO3/c14-10-4-1-8(2-5-10)13(17)9-3-6-11(15)12(16)7-9/h1-7,15-16H. The lowest BCUT2D eigenvalue weighted by atomic mass is 10.0. The van der Waals surface area contributed by atoms with Gasteiger partial charge in [0.2, 0.25) is 0 Å². The second-order valence-electron chi connectivity index (χ2n) is 3.54. The summed E-state index contributed by atoms with van der Waals surface area (Å²) in [6, 6.07) is 11.2. The average molecular weight is 340 g/mol. The summed E-state index contributed by atoms with van der Waals surface area (Å²) in [5.74, 6) is -0.706. The summed E-state index contributed by atoms with van der Waals surface area (Å²) in [5, 5.41) is 18.5. The number of aromatic hydroxyl groups is 2. The van der Waals surface area contributed by atoms with E-state index in [1.807, 2.05) is 12.1 Å². The SMILES string of the molecule is O=C(c1ccc(I)cc1)c1ccc(O)c(O)c1. The zero-order valence-corrected chi connectivity index (χ0v) is 10.9. The number of hydrogen-bond donors (Lipinski definition) is 2. The Balaban J connectivity index is 2.37. The predicted octanol–water partition coefficient (Wildman–Crippen LogP) is 2.93. The van der Waals surface area contributed by atoms with Crippen LogP contribution in [-0.2, 0) is 0 Å². The van der Waals surface area contributed by atoms with Gasteiger partial charge in [0, 0.05) is 14.7 Å². The molecule has 86 valence electrons. The van der Waals surface area contributed by atoms with Crippen molar-refractivity contribution in [1.29, 1.82) is 0 Å². The Morgan fingerprint density at radius 2 is 1.47 bits per heavy atom. The van der Waals surface area contributed by atoms with Gasteiger partial charge in [-0.3, -0.25) is 4.79 Å². The van der Waals surface area contributed by atoms with Gasteiger partial charge in [0.05, 0.1) is 0 Å². The number of phenols is 2. The molecule has 0 saturated heterocycles. The maximum Gasteiger partial charge on any atom is 0.193 e. The van der Waals surface area contributed by atoms with Crippen molar-refractivity contribution in [2.45, 2.75) is 0 Å². The van der Waals surface area contributed by atoms with Gasteiger partial charge >= 0.3 is 0 Å². The molecule has 2 rings (SSSR count). The first-order valence-electron chi connectivity index (χ1n) is 4.90. The van der Waals surface area contributed by atoms with Gasteiger partial charge in [-0.15, -0.1) is 0 Å². The fraction of sp³-hybridized carbons (Fsp3) is 0. The summed E-state index contributed by atoms with van der Waals surface area (Å²) < 4.78 is 1.05. The Labute approximate surface area is 112 Å². The van der Waals surface area contributed by atoms with E-state index in [0.717, 1.165) is 3.57 Å². The molecule has 0 atom stereocenters. The van der Waals surface area contributed by atoms with Crippen LogP contribution in [0.15, 0.2) is 42.5 Å². The average Bonchev–Trinajstić information content (AvgIpc) is 2.33. The van der Waals surface area contributed by atoms with E-state index >= 15 is 0 Å². The quantitative estimate of drug-likeness (QED) is 0.502. The van der Waals surface area contributed by atoms with Crippen LogP contribution in [0, 0.1) is 3.57 Å². The molecule has 0 unspecified atom stereocenters. The Bertz CT molecular complexity index is 561. The molecule has 0 saturated carbocycles. The maximum atomic E-state index is 12.0. The van der Waals surface area contributed by atoms with Crippen molar-refractivity contribution < 1.29 is 15.0 Å². The first-order valence-corrected chi connectivity index (χ1v) is 5.98. The van der Waals surface area contributed by atoms with E-state index in [4.69, 9.17) is 0 Å². The van der Waals surface area contributed by atoms with Gasteiger partial charge in [-0.05, 0) is 65.1 Å². The molecule has 2 N–H and O–H groups in total. The minimum absolute atomic E-state index is 0.184. The summed E-state index contributed by atoms with van der Waals surface area (Å²) >= 11 is 2.16. The summed E-state index contributed by atoms with van der Waals surface area (Å²) in [6.45, 7) is 0. The van der Waals surface area contributed by atoms with Crippen LogP contribution < -0.4 is 0 Å². The monoisotopic (exact) mass is 340 g/mol. The molecule has 0 heterocycles. The topological polar surface area (TPSA) is 57.5 Å². The number of phenolic OH excluding ortho intramolecular Hbond substituents is 2. The Kier molecular flexibility index (Phi) is 3.33. The maximum absolute atomic E-state index is 12.0. The number of benzene rings is 2. The summed E-state index contributed by atoms with van der Waals surface area (Å²) in [5.41, 5.74) is 0.900. The van der Waals surface area contributed by atoms with Gasteiger partial charge in [0.1, 0.15) is 0 Å². The molecular weight excluding hydrogens is 331 g/mol. The molecule has 0 aliphatic carbocycles. The molecule has 0 spiro atoms. The Hall–Kier alpha value is -1.56. The van der Waals surface area contributed by atoms with Crippen LogP contribution in [0.1, 0.15) is 15.9 Å². The third-order valence-electron chi connectivity index (χ3n) is 2.34. The molecule has 2 aromatic carbocycles. The van der Waals surface area contributed by atoms with Crippen molar-refractivity contribution in [3.8, 4) is 11.5 Å². The van der Waals surface area contributed by atoms with E-state index < -0.39 is 0 Å². The van der Waals surface area contributed by atoms with Crippen molar-refractivity contribution in [3.63, 3.8) is 0 Å². The number of carbonyl (C=O) groups excluding carboxylic acids is 1. The van der Waals surface area contributed by atoms with E-state index in [1.165, 1.54) is 18.2 Å². The van der Waals surface area contributed by atoms with Crippen LogP contribution in [0.3, 0.4) is 0 Å². The molecular formula is C13H9IO3. The highest BCUT2D eigenvalue weighted by molar-refractivity contribution is 14.1. The number of halogens is 1. The number of rotatable bonds is 2. The van der Waals surface area contributed by atoms with Crippen LogP contribution >= 0.6 is 22.6 Å². The van der Waals surface area contributed by atoms with E-state index in [-0.39, 0.29) is 17.3 Å². The highest BCUT2D eigenvalue weighted by Gasteiger charge is 2.10. The van der Waals surface area contributed by atoms with Gasteiger partial charge < -0.3 is 10.2 Å². The summed E-state index contributed by atoms with van der Waals surface area (Å²) in [4.78, 5) is 12.0. The Morgan fingerprint density at radius 3 is 2.06 bits per heavy atom. The summed E-state index contributed by atoms with van der Waals surface area (Å²) in [7, 11) is 0. The fourth-order valence-corrected chi connectivity index (χ4v) is 1.79. The molecule has 17 heavy (non-hydrogen) atoms. The minimum atomic E-state index is -0.290. The van der Waals surface area contributed by atoms with Gasteiger partial charge in [0.15, 0.2) is 17.3 Å². The smallest absolute Gasteiger partial charge is 0.193 e. The first-order chi connectivity index (χ1) is 8.08. The molecule has 0 aliphatic heterocycles. The van der Waals surface area contributed by atoms with Crippen LogP contribution in [0.2, 0.25) is 0 Å². The van der Waals surface area contributed by atoms with Gasteiger partial charge in [-0.2, -0.15) is 0 Å². The van der Waals surface area contributed by atoms with Crippen molar-refractivity contribution in [1.82, 2.24) is 0 Å². The van der Waals surface area contributed by atoms with Crippen LogP contribution in [0.25, 0.3) is 0 Å². The largest absolute Gasteiger partial charge is 0.504 e. The van der Waals surface area contributed by atoms with Gasteiger partial charge in [-0.1, -0.05) is 0 Å². The minimum Gasteiger partial charge on any atom is -0.504 e. The Morgan fingerprint density at radius 1 is 0.882 bits per heavy atom. The molecule has 0 bridgehead atoms. The second-order valence-corrected chi connectivity index (χ2v) is 4.79. The lowest BCUT2D eigenvalue weighted by Crippen LogP contribution is -2.00. The highest BCUT2D eigenvalue weighted by atomic mass is 127. The van der Waals surface area contributed by atoms with E-state index in [0.29, 0.717) is 11.1 Å². The predicted molar refractivity (Wildman–Crippen MR) is 72.4 cm³/mol. The molecule has 0 fully saturated rings.